The number of ether oxygens (including phenoxy) is 4. The summed E-state index contributed by atoms with van der Waals surface area (Å²) >= 11 is 0. The van der Waals surface area contributed by atoms with Crippen LogP contribution in [-0.2, 0) is 9.47 Å². The van der Waals surface area contributed by atoms with Crippen molar-refractivity contribution in [2.45, 2.75) is 57.8 Å². The summed E-state index contributed by atoms with van der Waals surface area (Å²) in [5, 5.41) is 2.83. The third-order valence-corrected chi connectivity index (χ3v) is 7.32. The lowest BCUT2D eigenvalue weighted by Crippen LogP contribution is -2.38. The molecule has 1 aromatic carbocycles. The molecule has 0 radical (unpaired) electrons. The van der Waals surface area contributed by atoms with Crippen LogP contribution in [0.1, 0.15) is 40.0 Å². The Hall–Kier alpha value is -3.80. The zero-order valence-electron chi connectivity index (χ0n) is 22.6. The topological polar surface area (TPSA) is 108 Å². The van der Waals surface area contributed by atoms with Crippen LogP contribution in [0, 0.1) is 17.0 Å². The van der Waals surface area contributed by atoms with E-state index in [-0.39, 0.29) is 47.6 Å². The summed E-state index contributed by atoms with van der Waals surface area (Å²) in [6, 6.07) is 6.17. The lowest BCUT2D eigenvalue weighted by Gasteiger charge is -2.34. The maximum atomic E-state index is 15.0. The number of rotatable bonds is 7. The first-order valence-corrected chi connectivity index (χ1v) is 13.3. The molecule has 212 valence electrons. The Labute approximate surface area is 230 Å². The van der Waals surface area contributed by atoms with E-state index in [2.05, 4.69) is 20.3 Å². The van der Waals surface area contributed by atoms with Crippen molar-refractivity contribution in [3.05, 3.63) is 42.2 Å². The molecule has 1 N–H and O–H groups in total. The molecule has 0 spiro atoms. The van der Waals surface area contributed by atoms with Crippen LogP contribution in [0.25, 0.3) is 11.0 Å². The molecule has 0 unspecified atom stereocenters. The Kier molecular flexibility index (Phi) is 6.60. The first-order chi connectivity index (χ1) is 19.1. The number of hydrogen-bond acceptors (Lipinski definition) is 9. The molecule has 1 saturated carbocycles. The standard InChI is InChI=1S/C28H31F2N5O5/c1-27(2,3)40-26(36)35-9-8-16(12-35)39-21-7-5-19-24(34-21)25(32-15-31-19)33-18-4-6-20(23(30)22(18)29)38-14-28-10-17(11-28)37-13-28/h4-7,15-17H,8-14H2,1-3H3,(H,31,32,33)/t16-,17?,28?/m0/s1. The molecule has 2 aromatic heterocycles. The molecule has 2 bridgehead atoms. The van der Waals surface area contributed by atoms with Gasteiger partial charge >= 0.3 is 6.09 Å². The van der Waals surface area contributed by atoms with Gasteiger partial charge in [-0.2, -0.15) is 4.39 Å². The largest absolute Gasteiger partial charge is 0.490 e. The average molecular weight is 556 g/mol. The Morgan fingerprint density at radius 1 is 1.18 bits per heavy atom. The molecule has 3 aromatic rings. The lowest BCUT2D eigenvalue weighted by atomic mass is 9.71. The molecule has 40 heavy (non-hydrogen) atoms. The lowest BCUT2D eigenvalue weighted by molar-refractivity contribution is 0.0275. The number of carbonyl (C=O) groups is 1. The fourth-order valence-electron chi connectivity index (χ4n) is 5.26. The highest BCUT2D eigenvalue weighted by molar-refractivity contribution is 5.87. The summed E-state index contributed by atoms with van der Waals surface area (Å²) < 4.78 is 52.6. The fraction of sp³-hybridized carbons (Fsp3) is 0.500. The van der Waals surface area contributed by atoms with Gasteiger partial charge in [-0.15, -0.1) is 0 Å². The summed E-state index contributed by atoms with van der Waals surface area (Å²) in [4.78, 5) is 26.9. The minimum Gasteiger partial charge on any atom is -0.490 e. The minimum absolute atomic E-state index is 0.0949. The van der Waals surface area contributed by atoms with E-state index in [0.29, 0.717) is 43.0 Å². The van der Waals surface area contributed by atoms with Gasteiger partial charge in [0.15, 0.2) is 17.4 Å². The monoisotopic (exact) mass is 555 g/mol. The quantitative estimate of drug-likeness (QED) is 0.431. The van der Waals surface area contributed by atoms with Crippen LogP contribution in [0.2, 0.25) is 0 Å². The number of benzene rings is 1. The molecule has 12 heteroatoms. The van der Waals surface area contributed by atoms with E-state index < -0.39 is 17.2 Å². The van der Waals surface area contributed by atoms with Crippen LogP contribution in [-0.4, -0.2) is 70.1 Å². The van der Waals surface area contributed by atoms with Gasteiger partial charge in [0, 0.05) is 24.4 Å². The van der Waals surface area contributed by atoms with Crippen molar-refractivity contribution in [2.75, 3.05) is 31.6 Å². The number of carbonyl (C=O) groups excluding carboxylic acids is 1. The third kappa shape index (κ3) is 5.32. The van der Waals surface area contributed by atoms with Gasteiger partial charge in [0.1, 0.15) is 23.5 Å². The van der Waals surface area contributed by atoms with Gasteiger partial charge < -0.3 is 29.2 Å². The number of likely N-dealkylation sites (tertiary alicyclic amines) is 1. The number of hydrogen-bond donors (Lipinski definition) is 1. The highest BCUT2D eigenvalue weighted by Crippen LogP contribution is 2.50. The molecule has 7 rings (SSSR count). The zero-order chi connectivity index (χ0) is 28.1. The Morgan fingerprint density at radius 3 is 2.75 bits per heavy atom. The minimum atomic E-state index is -1.09. The summed E-state index contributed by atoms with van der Waals surface area (Å²) in [5.41, 5.74) is 0.0154. The van der Waals surface area contributed by atoms with Gasteiger partial charge in [0.05, 0.1) is 37.1 Å². The maximum Gasteiger partial charge on any atom is 0.410 e. The van der Waals surface area contributed by atoms with Crippen molar-refractivity contribution in [1.29, 1.82) is 0 Å². The second kappa shape index (κ2) is 9.99. The predicted octanol–water partition coefficient (Wildman–Crippen LogP) is 4.99. The molecule has 3 aliphatic heterocycles. The van der Waals surface area contributed by atoms with Crippen LogP contribution < -0.4 is 14.8 Å². The zero-order valence-corrected chi connectivity index (χ0v) is 22.6. The number of nitrogens with one attached hydrogen (secondary N) is 1. The van der Waals surface area contributed by atoms with E-state index in [1.54, 1.807) is 17.0 Å². The Balaban J connectivity index is 1.14. The second-order valence-corrected chi connectivity index (χ2v) is 11.7. The molecule has 1 amide bonds. The molecule has 10 nitrogen and oxygen atoms in total. The number of pyridine rings is 1. The number of fused-ring (bicyclic) bond motifs is 2. The van der Waals surface area contributed by atoms with Gasteiger partial charge in [0.25, 0.3) is 0 Å². The number of aromatic nitrogens is 3. The first kappa shape index (κ1) is 26.4. The number of anilines is 2. The van der Waals surface area contributed by atoms with Crippen LogP contribution in [0.3, 0.4) is 0 Å². The molecule has 4 aliphatic rings. The van der Waals surface area contributed by atoms with Gasteiger partial charge in [-0.25, -0.2) is 24.1 Å². The summed E-state index contributed by atoms with van der Waals surface area (Å²) in [6.07, 6.45) is 3.30. The SMILES string of the molecule is CC(C)(C)OC(=O)N1CC[C@H](Oc2ccc3ncnc(Nc4ccc(OCC56COC(C5)C6)c(F)c4F)c3n2)C1. The first-order valence-electron chi connectivity index (χ1n) is 13.3. The van der Waals surface area contributed by atoms with E-state index in [1.807, 2.05) is 20.8 Å². The summed E-state index contributed by atoms with van der Waals surface area (Å²) in [7, 11) is 0. The maximum absolute atomic E-state index is 15.0. The highest BCUT2D eigenvalue weighted by Gasteiger charge is 2.52. The average Bonchev–Trinajstić information content (AvgIpc) is 3.62. The van der Waals surface area contributed by atoms with E-state index in [1.165, 1.54) is 18.5 Å². The Bertz CT molecular complexity index is 1440. The number of amides is 1. The van der Waals surface area contributed by atoms with Crippen LogP contribution in [0.4, 0.5) is 25.1 Å². The van der Waals surface area contributed by atoms with Crippen molar-refractivity contribution in [1.82, 2.24) is 19.9 Å². The van der Waals surface area contributed by atoms with Crippen molar-refractivity contribution >= 4 is 28.6 Å². The molecule has 3 saturated heterocycles. The van der Waals surface area contributed by atoms with E-state index >= 15 is 4.39 Å². The van der Waals surface area contributed by atoms with E-state index in [4.69, 9.17) is 18.9 Å². The number of halogens is 2. The smallest absolute Gasteiger partial charge is 0.410 e. The van der Waals surface area contributed by atoms with E-state index in [0.717, 1.165) is 12.8 Å². The summed E-state index contributed by atoms with van der Waals surface area (Å²) in [5.74, 6) is -1.83. The van der Waals surface area contributed by atoms with Crippen molar-refractivity contribution in [3.63, 3.8) is 0 Å². The molecule has 4 fully saturated rings. The van der Waals surface area contributed by atoms with Gasteiger partial charge in [0.2, 0.25) is 11.7 Å². The van der Waals surface area contributed by atoms with Gasteiger partial charge in [-0.3, -0.25) is 0 Å². The molecular weight excluding hydrogens is 524 g/mol. The molecule has 1 atom stereocenters. The van der Waals surface area contributed by atoms with Gasteiger partial charge in [-0.05, 0) is 51.8 Å². The molecular formula is C28H31F2N5O5. The third-order valence-electron chi connectivity index (χ3n) is 7.32. The second-order valence-electron chi connectivity index (χ2n) is 11.7. The van der Waals surface area contributed by atoms with Crippen LogP contribution in [0.5, 0.6) is 11.6 Å². The Morgan fingerprint density at radius 2 is 2.00 bits per heavy atom. The van der Waals surface area contributed by atoms with Crippen molar-refractivity contribution < 1.29 is 32.5 Å². The van der Waals surface area contributed by atoms with Crippen LogP contribution >= 0.6 is 0 Å². The fourth-order valence-corrected chi connectivity index (χ4v) is 5.26. The van der Waals surface area contributed by atoms with Crippen molar-refractivity contribution in [3.8, 4) is 11.6 Å². The van der Waals surface area contributed by atoms with Crippen LogP contribution in [0.15, 0.2) is 30.6 Å². The summed E-state index contributed by atoms with van der Waals surface area (Å²) in [6.45, 7) is 7.19. The van der Waals surface area contributed by atoms with Gasteiger partial charge in [-0.1, -0.05) is 0 Å². The highest BCUT2D eigenvalue weighted by atomic mass is 19.2. The molecule has 1 aliphatic carbocycles. The number of nitrogens with zero attached hydrogens (tertiary/aromatic N) is 4. The van der Waals surface area contributed by atoms with Crippen molar-refractivity contribution in [2.24, 2.45) is 5.41 Å². The predicted molar refractivity (Wildman–Crippen MR) is 141 cm³/mol. The van der Waals surface area contributed by atoms with E-state index in [9.17, 15) is 9.18 Å². The molecule has 5 heterocycles. The normalized spacial score (nSPS) is 23.7.